The molecule has 1 aliphatic rings. The lowest BCUT2D eigenvalue weighted by Crippen LogP contribution is -2.34. The Labute approximate surface area is 90.3 Å². The first-order valence-corrected chi connectivity index (χ1v) is 5.54. The SMILES string of the molecule is CC1CCCC1C(NN)c1cncnc1. The minimum absolute atomic E-state index is 0.198. The fourth-order valence-corrected chi connectivity index (χ4v) is 2.61. The van der Waals surface area contributed by atoms with E-state index in [1.807, 2.05) is 12.4 Å². The smallest absolute Gasteiger partial charge is 0.115 e. The molecule has 0 aliphatic heterocycles. The van der Waals surface area contributed by atoms with E-state index >= 15 is 0 Å². The molecule has 0 radical (unpaired) electrons. The molecule has 1 saturated carbocycles. The van der Waals surface area contributed by atoms with Crippen molar-refractivity contribution in [3.8, 4) is 0 Å². The quantitative estimate of drug-likeness (QED) is 0.580. The molecule has 0 bridgehead atoms. The summed E-state index contributed by atoms with van der Waals surface area (Å²) in [7, 11) is 0. The molecule has 4 nitrogen and oxygen atoms in total. The van der Waals surface area contributed by atoms with Gasteiger partial charge < -0.3 is 0 Å². The summed E-state index contributed by atoms with van der Waals surface area (Å²) in [4.78, 5) is 8.09. The van der Waals surface area contributed by atoms with Crippen LogP contribution in [0.2, 0.25) is 0 Å². The maximum atomic E-state index is 5.64. The summed E-state index contributed by atoms with van der Waals surface area (Å²) in [6, 6.07) is 0.198. The van der Waals surface area contributed by atoms with Crippen molar-refractivity contribution < 1.29 is 0 Å². The summed E-state index contributed by atoms with van der Waals surface area (Å²) >= 11 is 0. The summed E-state index contributed by atoms with van der Waals surface area (Å²) in [5.41, 5.74) is 4.01. The first-order valence-electron chi connectivity index (χ1n) is 5.54. The largest absolute Gasteiger partial charge is 0.271 e. The third-order valence-electron chi connectivity index (χ3n) is 3.48. The normalized spacial score (nSPS) is 27.9. The van der Waals surface area contributed by atoms with Gasteiger partial charge in [-0.05, 0) is 18.3 Å². The van der Waals surface area contributed by atoms with Gasteiger partial charge in [0, 0.05) is 18.0 Å². The van der Waals surface area contributed by atoms with Gasteiger partial charge >= 0.3 is 0 Å². The fraction of sp³-hybridized carbons (Fsp3) is 0.636. The van der Waals surface area contributed by atoms with Crippen molar-refractivity contribution in [3.63, 3.8) is 0 Å². The molecule has 2 rings (SSSR count). The van der Waals surface area contributed by atoms with Crippen LogP contribution in [0.5, 0.6) is 0 Å². The Morgan fingerprint density at radius 3 is 2.67 bits per heavy atom. The van der Waals surface area contributed by atoms with Gasteiger partial charge in [0.1, 0.15) is 6.33 Å². The molecule has 1 fully saturated rings. The number of nitrogens with one attached hydrogen (secondary N) is 1. The lowest BCUT2D eigenvalue weighted by atomic mass is 9.87. The van der Waals surface area contributed by atoms with Crippen LogP contribution in [0.4, 0.5) is 0 Å². The van der Waals surface area contributed by atoms with Crippen LogP contribution >= 0.6 is 0 Å². The second kappa shape index (κ2) is 4.68. The molecule has 0 aromatic carbocycles. The predicted molar refractivity (Wildman–Crippen MR) is 58.6 cm³/mol. The molecule has 3 atom stereocenters. The van der Waals surface area contributed by atoms with Crippen molar-refractivity contribution in [1.29, 1.82) is 0 Å². The number of hydrogen-bond donors (Lipinski definition) is 2. The van der Waals surface area contributed by atoms with E-state index in [2.05, 4.69) is 22.3 Å². The first-order chi connectivity index (χ1) is 7.33. The Kier molecular flexibility index (Phi) is 3.28. The Bertz CT molecular complexity index is 301. The highest BCUT2D eigenvalue weighted by molar-refractivity contribution is 5.11. The van der Waals surface area contributed by atoms with E-state index in [0.717, 1.165) is 11.5 Å². The molecule has 15 heavy (non-hydrogen) atoms. The lowest BCUT2D eigenvalue weighted by molar-refractivity contribution is 0.303. The van der Waals surface area contributed by atoms with Crippen molar-refractivity contribution in [1.82, 2.24) is 15.4 Å². The molecular weight excluding hydrogens is 188 g/mol. The van der Waals surface area contributed by atoms with E-state index < -0.39 is 0 Å². The second-order valence-electron chi connectivity index (χ2n) is 4.39. The number of rotatable bonds is 3. The van der Waals surface area contributed by atoms with E-state index in [0.29, 0.717) is 5.92 Å². The maximum Gasteiger partial charge on any atom is 0.115 e. The molecule has 1 heterocycles. The summed E-state index contributed by atoms with van der Waals surface area (Å²) in [6.45, 7) is 2.30. The Morgan fingerprint density at radius 2 is 2.13 bits per heavy atom. The average molecular weight is 206 g/mol. The van der Waals surface area contributed by atoms with Crippen LogP contribution in [-0.4, -0.2) is 9.97 Å². The summed E-state index contributed by atoms with van der Waals surface area (Å²) < 4.78 is 0. The number of nitrogens with two attached hydrogens (primary N) is 1. The van der Waals surface area contributed by atoms with Gasteiger partial charge in [0.15, 0.2) is 0 Å². The number of hydrazine groups is 1. The number of nitrogens with zero attached hydrogens (tertiary/aromatic N) is 2. The van der Waals surface area contributed by atoms with Crippen molar-refractivity contribution in [2.75, 3.05) is 0 Å². The van der Waals surface area contributed by atoms with E-state index in [-0.39, 0.29) is 6.04 Å². The standard InChI is InChI=1S/C11H18N4/c1-8-3-2-4-10(8)11(15-12)9-5-13-7-14-6-9/h5-8,10-11,15H,2-4,12H2,1H3. The van der Waals surface area contributed by atoms with Gasteiger partial charge in [-0.1, -0.05) is 19.8 Å². The molecule has 3 unspecified atom stereocenters. The predicted octanol–water partition coefficient (Wildman–Crippen LogP) is 1.42. The van der Waals surface area contributed by atoms with Gasteiger partial charge in [0.2, 0.25) is 0 Å². The van der Waals surface area contributed by atoms with Crippen molar-refractivity contribution in [2.24, 2.45) is 17.7 Å². The Balaban J connectivity index is 2.17. The van der Waals surface area contributed by atoms with E-state index in [1.54, 1.807) is 6.33 Å². The first kappa shape index (κ1) is 10.5. The highest BCUT2D eigenvalue weighted by atomic mass is 15.2. The summed E-state index contributed by atoms with van der Waals surface area (Å²) in [5, 5.41) is 0. The molecule has 4 heteroatoms. The van der Waals surface area contributed by atoms with Gasteiger partial charge in [-0.15, -0.1) is 0 Å². The third-order valence-corrected chi connectivity index (χ3v) is 3.48. The van der Waals surface area contributed by atoms with Crippen LogP contribution in [0.1, 0.15) is 37.8 Å². The van der Waals surface area contributed by atoms with Gasteiger partial charge in [0.25, 0.3) is 0 Å². The number of aromatic nitrogens is 2. The van der Waals surface area contributed by atoms with Gasteiger partial charge in [-0.3, -0.25) is 11.3 Å². The van der Waals surface area contributed by atoms with Crippen molar-refractivity contribution in [3.05, 3.63) is 24.3 Å². The summed E-state index contributed by atoms with van der Waals surface area (Å²) in [6.07, 6.45) is 9.10. The van der Waals surface area contributed by atoms with Crippen LogP contribution < -0.4 is 11.3 Å². The Morgan fingerprint density at radius 1 is 1.40 bits per heavy atom. The van der Waals surface area contributed by atoms with E-state index in [9.17, 15) is 0 Å². The minimum Gasteiger partial charge on any atom is -0.271 e. The molecule has 1 aromatic rings. The fourth-order valence-electron chi connectivity index (χ4n) is 2.61. The van der Waals surface area contributed by atoms with Gasteiger partial charge in [-0.25, -0.2) is 9.97 Å². The minimum atomic E-state index is 0.198. The molecule has 1 aromatic heterocycles. The van der Waals surface area contributed by atoms with Crippen LogP contribution in [0.15, 0.2) is 18.7 Å². The molecule has 1 aliphatic carbocycles. The van der Waals surface area contributed by atoms with Crippen molar-refractivity contribution in [2.45, 2.75) is 32.2 Å². The number of hydrogen-bond acceptors (Lipinski definition) is 4. The zero-order valence-electron chi connectivity index (χ0n) is 9.06. The van der Waals surface area contributed by atoms with E-state index in [1.165, 1.54) is 19.3 Å². The molecule has 3 N–H and O–H groups in total. The highest BCUT2D eigenvalue weighted by Crippen LogP contribution is 2.39. The van der Waals surface area contributed by atoms with Crippen LogP contribution in [0.3, 0.4) is 0 Å². The van der Waals surface area contributed by atoms with Crippen LogP contribution in [0, 0.1) is 11.8 Å². The molecule has 0 spiro atoms. The lowest BCUT2D eigenvalue weighted by Gasteiger charge is -2.25. The van der Waals surface area contributed by atoms with E-state index in [4.69, 9.17) is 5.84 Å². The van der Waals surface area contributed by atoms with Gasteiger partial charge in [-0.2, -0.15) is 0 Å². The van der Waals surface area contributed by atoms with Crippen LogP contribution in [0.25, 0.3) is 0 Å². The molecule has 0 amide bonds. The molecular formula is C11H18N4. The summed E-state index contributed by atoms with van der Waals surface area (Å²) in [5.74, 6) is 6.98. The molecule has 0 saturated heterocycles. The topological polar surface area (TPSA) is 63.8 Å². The zero-order chi connectivity index (χ0) is 10.7. The maximum absolute atomic E-state index is 5.64. The third kappa shape index (κ3) is 2.16. The molecule has 82 valence electrons. The average Bonchev–Trinajstić information content (AvgIpc) is 2.68. The second-order valence-corrected chi connectivity index (χ2v) is 4.39. The Hall–Kier alpha value is -1.00. The highest BCUT2D eigenvalue weighted by Gasteiger charge is 2.31. The monoisotopic (exact) mass is 206 g/mol. The van der Waals surface area contributed by atoms with Crippen LogP contribution in [-0.2, 0) is 0 Å². The van der Waals surface area contributed by atoms with Gasteiger partial charge in [0.05, 0.1) is 6.04 Å². The van der Waals surface area contributed by atoms with Crippen molar-refractivity contribution >= 4 is 0 Å². The zero-order valence-corrected chi connectivity index (χ0v) is 9.06.